The summed E-state index contributed by atoms with van der Waals surface area (Å²) in [5, 5.41) is 0. The van der Waals surface area contributed by atoms with Crippen LogP contribution >= 0.6 is 11.6 Å². The molecule has 0 aliphatic carbocycles. The highest BCUT2D eigenvalue weighted by Crippen LogP contribution is 2.49. The highest BCUT2D eigenvalue weighted by Gasteiger charge is 2.43. The summed E-state index contributed by atoms with van der Waals surface area (Å²) in [6.45, 7) is 0. The van der Waals surface area contributed by atoms with E-state index in [1.165, 1.54) is 0 Å². The molecule has 0 radical (unpaired) electrons. The third-order valence-corrected chi connectivity index (χ3v) is 4.65. The largest absolute Gasteiger partial charge is 0.250 e. The number of fused-ring (bicyclic) bond motifs is 1. The van der Waals surface area contributed by atoms with Crippen LogP contribution in [0.2, 0.25) is 0 Å². The van der Waals surface area contributed by atoms with E-state index in [0.29, 0.717) is 0 Å². The van der Waals surface area contributed by atoms with Gasteiger partial charge in [-0.15, -0.1) is 11.6 Å². The Bertz CT molecular complexity index is 840. The van der Waals surface area contributed by atoms with Crippen molar-refractivity contribution >= 4 is 23.0 Å². The predicted molar refractivity (Wildman–Crippen MR) is 92.2 cm³/mol. The molecule has 0 N–H and O–H groups in total. The lowest BCUT2D eigenvalue weighted by molar-refractivity contribution is 1.01. The Morgan fingerprint density at radius 3 is 2.00 bits per heavy atom. The van der Waals surface area contributed by atoms with Crippen LogP contribution in [0.5, 0.6) is 0 Å². The molecule has 22 heavy (non-hydrogen) atoms. The molecule has 3 aromatic rings. The van der Waals surface area contributed by atoms with Gasteiger partial charge >= 0.3 is 0 Å². The molecular weight excluding hydrogens is 290 g/mol. The van der Waals surface area contributed by atoms with E-state index in [1.807, 2.05) is 54.6 Å². The number of nitrogens with zero attached hydrogens (tertiary/aromatic N) is 1. The van der Waals surface area contributed by atoms with E-state index in [2.05, 4.69) is 30.3 Å². The molecule has 0 saturated heterocycles. The van der Waals surface area contributed by atoms with E-state index in [9.17, 15) is 0 Å². The molecular formula is C20H14ClN. The van der Waals surface area contributed by atoms with Crippen molar-refractivity contribution in [3.63, 3.8) is 0 Å². The topological polar surface area (TPSA) is 12.4 Å². The average Bonchev–Trinajstić information content (AvgIpc) is 2.91. The fraction of sp³-hybridized carbons (Fsp3) is 0.0500. The normalized spacial score (nSPS) is 19.6. The van der Waals surface area contributed by atoms with Gasteiger partial charge in [0.15, 0.2) is 0 Å². The zero-order valence-electron chi connectivity index (χ0n) is 11.9. The highest BCUT2D eigenvalue weighted by atomic mass is 35.5. The fourth-order valence-electron chi connectivity index (χ4n) is 3.01. The Hall–Kier alpha value is -2.38. The Kier molecular flexibility index (Phi) is 3.09. The van der Waals surface area contributed by atoms with Crippen molar-refractivity contribution < 1.29 is 0 Å². The number of alkyl halides is 1. The van der Waals surface area contributed by atoms with Gasteiger partial charge in [-0.25, -0.2) is 4.99 Å². The second-order valence-corrected chi connectivity index (χ2v) is 5.94. The molecule has 1 aliphatic rings. The maximum atomic E-state index is 7.20. The van der Waals surface area contributed by atoms with Crippen LogP contribution in [-0.2, 0) is 4.87 Å². The van der Waals surface area contributed by atoms with Gasteiger partial charge in [-0.1, -0.05) is 78.9 Å². The molecule has 1 heterocycles. The third-order valence-electron chi connectivity index (χ3n) is 4.05. The number of para-hydroxylation sites is 1. The predicted octanol–water partition coefficient (Wildman–Crippen LogP) is 5.30. The Morgan fingerprint density at radius 1 is 0.682 bits per heavy atom. The second kappa shape index (κ2) is 5.11. The second-order valence-electron chi connectivity index (χ2n) is 5.37. The molecule has 4 rings (SSSR count). The molecule has 1 atom stereocenters. The molecule has 0 aromatic heterocycles. The smallest absolute Gasteiger partial charge is 0.139 e. The van der Waals surface area contributed by atoms with Crippen LogP contribution in [0.3, 0.4) is 0 Å². The van der Waals surface area contributed by atoms with Crippen molar-refractivity contribution in [2.24, 2.45) is 4.99 Å². The van der Waals surface area contributed by atoms with Crippen molar-refractivity contribution in [2.45, 2.75) is 4.87 Å². The minimum Gasteiger partial charge on any atom is -0.250 e. The highest BCUT2D eigenvalue weighted by molar-refractivity contribution is 6.43. The minimum atomic E-state index is -0.737. The zero-order chi connectivity index (χ0) is 15.0. The summed E-state index contributed by atoms with van der Waals surface area (Å²) in [5.41, 5.74) is 4.98. The Morgan fingerprint density at radius 2 is 1.27 bits per heavy atom. The first-order chi connectivity index (χ1) is 10.8. The number of rotatable bonds is 2. The first kappa shape index (κ1) is 13.3. The van der Waals surface area contributed by atoms with Crippen LogP contribution < -0.4 is 0 Å². The first-order valence-electron chi connectivity index (χ1n) is 7.28. The molecule has 1 aliphatic heterocycles. The van der Waals surface area contributed by atoms with Gasteiger partial charge in [0, 0.05) is 5.56 Å². The van der Waals surface area contributed by atoms with Crippen molar-refractivity contribution in [1.29, 1.82) is 0 Å². The molecule has 0 amide bonds. The lowest BCUT2D eigenvalue weighted by Gasteiger charge is -2.26. The molecule has 0 fully saturated rings. The van der Waals surface area contributed by atoms with Crippen LogP contribution in [-0.4, -0.2) is 5.71 Å². The van der Waals surface area contributed by atoms with E-state index in [0.717, 1.165) is 28.1 Å². The Labute approximate surface area is 134 Å². The molecule has 1 nitrogen and oxygen atoms in total. The van der Waals surface area contributed by atoms with Gasteiger partial charge in [0.1, 0.15) is 4.87 Å². The van der Waals surface area contributed by atoms with Gasteiger partial charge in [0.25, 0.3) is 0 Å². The summed E-state index contributed by atoms with van der Waals surface area (Å²) < 4.78 is 0. The van der Waals surface area contributed by atoms with Crippen LogP contribution in [0.25, 0.3) is 0 Å². The summed E-state index contributed by atoms with van der Waals surface area (Å²) in [4.78, 5) is 4.10. The number of aliphatic imine (C=N–C) groups is 1. The third kappa shape index (κ3) is 1.90. The van der Waals surface area contributed by atoms with Gasteiger partial charge in [0.2, 0.25) is 0 Å². The number of hydrogen-bond acceptors (Lipinski definition) is 1. The molecule has 0 spiro atoms. The maximum absolute atomic E-state index is 7.20. The molecule has 1 unspecified atom stereocenters. The first-order valence-corrected chi connectivity index (χ1v) is 7.66. The summed E-state index contributed by atoms with van der Waals surface area (Å²) in [7, 11) is 0. The van der Waals surface area contributed by atoms with Crippen molar-refractivity contribution in [1.82, 2.24) is 0 Å². The van der Waals surface area contributed by atoms with E-state index in [-0.39, 0.29) is 0 Å². The zero-order valence-corrected chi connectivity index (χ0v) is 12.7. The average molecular weight is 304 g/mol. The maximum Gasteiger partial charge on any atom is 0.139 e. The van der Waals surface area contributed by atoms with Gasteiger partial charge < -0.3 is 0 Å². The van der Waals surface area contributed by atoms with Gasteiger partial charge in [-0.2, -0.15) is 0 Å². The van der Waals surface area contributed by atoms with Crippen molar-refractivity contribution in [3.05, 3.63) is 102 Å². The fourth-order valence-corrected chi connectivity index (χ4v) is 3.44. The number of halogens is 1. The number of hydrogen-bond donors (Lipinski definition) is 0. The van der Waals surface area contributed by atoms with E-state index < -0.39 is 4.87 Å². The van der Waals surface area contributed by atoms with Crippen LogP contribution in [0.4, 0.5) is 5.69 Å². The van der Waals surface area contributed by atoms with E-state index in [4.69, 9.17) is 16.6 Å². The van der Waals surface area contributed by atoms with Gasteiger partial charge in [0.05, 0.1) is 11.4 Å². The molecule has 3 aromatic carbocycles. The molecule has 106 valence electrons. The molecule has 2 heteroatoms. The SMILES string of the molecule is ClC1(c2ccccc2)C(c2ccccc2)=Nc2ccccc21. The minimum absolute atomic E-state index is 0.737. The summed E-state index contributed by atoms with van der Waals surface area (Å²) in [6, 6.07) is 28.4. The van der Waals surface area contributed by atoms with Crippen LogP contribution in [0.1, 0.15) is 16.7 Å². The molecule has 0 saturated carbocycles. The quantitative estimate of drug-likeness (QED) is 0.569. The van der Waals surface area contributed by atoms with Crippen LogP contribution in [0.15, 0.2) is 89.9 Å². The standard InChI is InChI=1S/C20H14ClN/c21-20(16-11-5-2-6-12-16)17-13-7-8-14-18(17)22-19(20)15-9-3-1-4-10-15/h1-14H. The van der Waals surface area contributed by atoms with Crippen molar-refractivity contribution in [2.75, 3.05) is 0 Å². The summed E-state index contributed by atoms with van der Waals surface area (Å²) >= 11 is 7.20. The lowest BCUT2D eigenvalue weighted by atomic mass is 9.85. The molecule has 0 bridgehead atoms. The van der Waals surface area contributed by atoms with Crippen molar-refractivity contribution in [3.8, 4) is 0 Å². The van der Waals surface area contributed by atoms with E-state index in [1.54, 1.807) is 0 Å². The summed E-state index contributed by atoms with van der Waals surface area (Å²) in [5.74, 6) is 0. The van der Waals surface area contributed by atoms with Crippen LogP contribution in [0, 0.1) is 0 Å². The Balaban J connectivity index is 1.99. The monoisotopic (exact) mass is 303 g/mol. The summed E-state index contributed by atoms with van der Waals surface area (Å²) in [6.07, 6.45) is 0. The number of benzene rings is 3. The van der Waals surface area contributed by atoms with E-state index >= 15 is 0 Å². The van der Waals surface area contributed by atoms with Gasteiger partial charge in [-0.3, -0.25) is 0 Å². The van der Waals surface area contributed by atoms with Gasteiger partial charge in [-0.05, 0) is 17.2 Å². The lowest BCUT2D eigenvalue weighted by Crippen LogP contribution is -2.28.